The normalized spacial score (nSPS) is 17.9. The molecule has 1 saturated carbocycles. The van der Waals surface area contributed by atoms with Gasteiger partial charge in [-0.2, -0.15) is 5.26 Å². The first kappa shape index (κ1) is 17.9. The number of benzene rings is 1. The van der Waals surface area contributed by atoms with E-state index in [0.717, 1.165) is 19.3 Å². The second-order valence-electron chi connectivity index (χ2n) is 5.94. The Morgan fingerprint density at radius 2 is 2.00 bits per heavy atom. The number of likely N-dealkylation sites (N-methyl/N-ethyl adjacent to an activating group) is 1. The number of amides is 1. The maximum absolute atomic E-state index is 12.7. The molecule has 1 atom stereocenters. The molecule has 0 aromatic heterocycles. The van der Waals surface area contributed by atoms with Gasteiger partial charge in [-0.3, -0.25) is 4.79 Å². The van der Waals surface area contributed by atoms with E-state index in [1.165, 1.54) is 0 Å². The van der Waals surface area contributed by atoms with Gasteiger partial charge >= 0.3 is 0 Å². The number of nitriles is 1. The topological polar surface area (TPSA) is 53.3 Å². The molecular formula is C17H20Cl2N2O2. The van der Waals surface area contributed by atoms with Gasteiger partial charge in [-0.1, -0.05) is 42.5 Å². The first-order valence-corrected chi connectivity index (χ1v) is 8.46. The van der Waals surface area contributed by atoms with Crippen LogP contribution in [0.4, 0.5) is 0 Å². The van der Waals surface area contributed by atoms with E-state index in [0.29, 0.717) is 28.6 Å². The minimum Gasteiger partial charge on any atom is -0.479 e. The molecule has 124 valence electrons. The molecule has 0 saturated heterocycles. The summed E-state index contributed by atoms with van der Waals surface area (Å²) in [4.78, 5) is 14.2. The van der Waals surface area contributed by atoms with Gasteiger partial charge in [0.05, 0.1) is 11.1 Å². The lowest BCUT2D eigenvalue weighted by Gasteiger charge is -2.40. The molecule has 1 amide bonds. The number of hydrogen-bond acceptors (Lipinski definition) is 3. The van der Waals surface area contributed by atoms with E-state index in [1.807, 2.05) is 0 Å². The fraction of sp³-hybridized carbons (Fsp3) is 0.529. The molecule has 23 heavy (non-hydrogen) atoms. The van der Waals surface area contributed by atoms with Crippen molar-refractivity contribution in [1.29, 1.82) is 5.26 Å². The predicted octanol–water partition coefficient (Wildman–Crippen LogP) is 4.45. The average Bonchev–Trinajstić information content (AvgIpc) is 2.56. The van der Waals surface area contributed by atoms with Gasteiger partial charge in [-0.25, -0.2) is 0 Å². The Morgan fingerprint density at radius 1 is 1.35 bits per heavy atom. The van der Waals surface area contributed by atoms with E-state index in [-0.39, 0.29) is 5.91 Å². The van der Waals surface area contributed by atoms with Crippen LogP contribution >= 0.6 is 23.2 Å². The third kappa shape index (κ3) is 3.91. The van der Waals surface area contributed by atoms with Gasteiger partial charge in [0.1, 0.15) is 11.3 Å². The van der Waals surface area contributed by atoms with Crippen LogP contribution in [0.1, 0.15) is 39.0 Å². The summed E-state index contributed by atoms with van der Waals surface area (Å²) in [6, 6.07) is 7.20. The van der Waals surface area contributed by atoms with E-state index < -0.39 is 11.6 Å². The lowest BCUT2D eigenvalue weighted by Crippen LogP contribution is -2.53. The van der Waals surface area contributed by atoms with Crippen LogP contribution in [0.15, 0.2) is 18.2 Å². The van der Waals surface area contributed by atoms with E-state index in [4.69, 9.17) is 27.9 Å². The zero-order valence-corrected chi connectivity index (χ0v) is 14.8. The first-order chi connectivity index (χ1) is 10.9. The van der Waals surface area contributed by atoms with Gasteiger partial charge in [0, 0.05) is 12.1 Å². The summed E-state index contributed by atoms with van der Waals surface area (Å²) in [5, 5.41) is 10.4. The quantitative estimate of drug-likeness (QED) is 0.802. The van der Waals surface area contributed by atoms with E-state index in [9.17, 15) is 10.1 Å². The summed E-state index contributed by atoms with van der Waals surface area (Å²) in [6.07, 6.45) is 3.72. The van der Waals surface area contributed by atoms with Crippen molar-refractivity contribution >= 4 is 29.1 Å². The summed E-state index contributed by atoms with van der Waals surface area (Å²) in [5.41, 5.74) is -0.725. The van der Waals surface area contributed by atoms with Crippen molar-refractivity contribution in [2.24, 2.45) is 0 Å². The number of ether oxygens (including phenoxy) is 1. The molecule has 0 bridgehead atoms. The summed E-state index contributed by atoms with van der Waals surface area (Å²) in [5.74, 6) is 0.180. The van der Waals surface area contributed by atoms with Crippen molar-refractivity contribution in [3.8, 4) is 11.8 Å². The van der Waals surface area contributed by atoms with Crippen LogP contribution < -0.4 is 4.74 Å². The molecule has 0 N–H and O–H groups in total. The van der Waals surface area contributed by atoms with E-state index in [1.54, 1.807) is 37.1 Å². The van der Waals surface area contributed by atoms with Gasteiger partial charge in [-0.15, -0.1) is 0 Å². The Balaban J connectivity index is 2.10. The minimum absolute atomic E-state index is 0.223. The van der Waals surface area contributed by atoms with Gasteiger partial charge in [-0.05, 0) is 38.0 Å². The van der Waals surface area contributed by atoms with Crippen molar-refractivity contribution < 1.29 is 9.53 Å². The Morgan fingerprint density at radius 3 is 2.57 bits per heavy atom. The smallest absolute Gasteiger partial charge is 0.264 e. The molecule has 1 aromatic rings. The molecule has 0 heterocycles. The van der Waals surface area contributed by atoms with Crippen LogP contribution in [-0.4, -0.2) is 29.5 Å². The van der Waals surface area contributed by atoms with Crippen LogP contribution in [-0.2, 0) is 4.79 Å². The second-order valence-corrected chi connectivity index (χ2v) is 6.78. The number of hydrogen-bond donors (Lipinski definition) is 0. The van der Waals surface area contributed by atoms with Gasteiger partial charge in [0.25, 0.3) is 5.91 Å². The van der Waals surface area contributed by atoms with Gasteiger partial charge in [0.2, 0.25) is 0 Å². The molecular weight excluding hydrogens is 335 g/mol. The van der Waals surface area contributed by atoms with Crippen LogP contribution in [0.5, 0.6) is 5.75 Å². The fourth-order valence-corrected chi connectivity index (χ4v) is 3.41. The lowest BCUT2D eigenvalue weighted by molar-refractivity contribution is -0.141. The summed E-state index contributed by atoms with van der Waals surface area (Å²) in [7, 11) is 1.68. The Hall–Kier alpha value is -1.44. The fourth-order valence-electron chi connectivity index (χ4n) is 2.95. The van der Waals surface area contributed by atoms with Crippen molar-refractivity contribution in [1.82, 2.24) is 4.90 Å². The Labute approximate surface area is 146 Å². The maximum atomic E-state index is 12.7. The van der Waals surface area contributed by atoms with Crippen molar-refractivity contribution in [3.63, 3.8) is 0 Å². The molecule has 1 fully saturated rings. The highest BCUT2D eigenvalue weighted by molar-refractivity contribution is 6.35. The summed E-state index contributed by atoms with van der Waals surface area (Å²) in [6.45, 7) is 1.66. The number of nitrogens with zero attached hydrogens (tertiary/aromatic N) is 2. The highest BCUT2D eigenvalue weighted by atomic mass is 35.5. The molecule has 0 spiro atoms. The van der Waals surface area contributed by atoms with Gasteiger partial charge in [0.15, 0.2) is 6.10 Å². The molecule has 1 unspecified atom stereocenters. The highest BCUT2D eigenvalue weighted by Crippen LogP contribution is 2.33. The molecule has 2 rings (SSSR count). The molecule has 4 nitrogen and oxygen atoms in total. The third-order valence-electron chi connectivity index (χ3n) is 4.41. The summed E-state index contributed by atoms with van der Waals surface area (Å²) < 4.78 is 5.67. The molecule has 1 aromatic carbocycles. The van der Waals surface area contributed by atoms with Gasteiger partial charge < -0.3 is 9.64 Å². The number of carbonyl (C=O) groups excluding carboxylic acids is 1. The minimum atomic E-state index is -0.731. The highest BCUT2D eigenvalue weighted by Gasteiger charge is 2.40. The predicted molar refractivity (Wildman–Crippen MR) is 90.8 cm³/mol. The van der Waals surface area contributed by atoms with Crippen molar-refractivity contribution in [2.75, 3.05) is 7.05 Å². The monoisotopic (exact) mass is 354 g/mol. The first-order valence-electron chi connectivity index (χ1n) is 7.70. The standard InChI is InChI=1S/C17H20Cl2N2O2/c1-12(23-15-7-6-13(18)10-14(15)19)16(22)21(2)17(11-20)8-4-3-5-9-17/h6-7,10,12H,3-5,8-9H2,1-2H3. The van der Waals surface area contributed by atoms with Crippen LogP contribution in [0.25, 0.3) is 0 Å². The molecule has 0 radical (unpaired) electrons. The Kier molecular flexibility index (Phi) is 5.78. The maximum Gasteiger partial charge on any atom is 0.264 e. The summed E-state index contributed by atoms with van der Waals surface area (Å²) >= 11 is 11.9. The largest absolute Gasteiger partial charge is 0.479 e. The van der Waals surface area contributed by atoms with Crippen LogP contribution in [0.2, 0.25) is 10.0 Å². The zero-order valence-electron chi connectivity index (χ0n) is 13.3. The molecule has 1 aliphatic rings. The second kappa shape index (κ2) is 7.42. The SMILES string of the molecule is CC(Oc1ccc(Cl)cc1Cl)C(=O)N(C)C1(C#N)CCCCC1. The lowest BCUT2D eigenvalue weighted by atomic mass is 9.81. The molecule has 0 aliphatic heterocycles. The number of rotatable bonds is 4. The Bertz CT molecular complexity index is 622. The van der Waals surface area contributed by atoms with Crippen LogP contribution in [0, 0.1) is 11.3 Å². The molecule has 1 aliphatic carbocycles. The molecule has 6 heteroatoms. The third-order valence-corrected chi connectivity index (χ3v) is 4.94. The number of carbonyl (C=O) groups is 1. The van der Waals surface area contributed by atoms with Crippen molar-refractivity contribution in [3.05, 3.63) is 28.2 Å². The van der Waals surface area contributed by atoms with Crippen molar-refractivity contribution in [2.45, 2.75) is 50.7 Å². The zero-order chi connectivity index (χ0) is 17.0. The van der Waals surface area contributed by atoms with E-state index >= 15 is 0 Å². The van der Waals surface area contributed by atoms with E-state index in [2.05, 4.69) is 6.07 Å². The number of halogens is 2. The van der Waals surface area contributed by atoms with Crippen LogP contribution in [0.3, 0.4) is 0 Å². The average molecular weight is 355 g/mol.